The Hall–Kier alpha value is -2.67. The highest BCUT2D eigenvalue weighted by atomic mass is 32.2. The number of amides is 1. The van der Waals surface area contributed by atoms with Crippen LogP contribution in [-0.4, -0.2) is 31.7 Å². The molecule has 0 aliphatic rings. The lowest BCUT2D eigenvalue weighted by atomic mass is 10.0. The van der Waals surface area contributed by atoms with Crippen LogP contribution in [0, 0.1) is 6.92 Å². The molecule has 1 amide bonds. The molecule has 0 aromatic heterocycles. The van der Waals surface area contributed by atoms with Crippen LogP contribution in [0.15, 0.2) is 53.4 Å². The van der Waals surface area contributed by atoms with Gasteiger partial charge >= 0.3 is 5.97 Å². The molecule has 0 aliphatic carbocycles. The SMILES string of the molecule is Cc1ccc([C@H](CC(=O)O)NC(=O)c2cccc(S(C)(=O)=O)c2)cc1. The van der Waals surface area contributed by atoms with Gasteiger partial charge < -0.3 is 10.4 Å². The number of aryl methyl sites for hydroxylation is 1. The van der Waals surface area contributed by atoms with E-state index in [0.717, 1.165) is 11.8 Å². The van der Waals surface area contributed by atoms with Crippen LogP contribution in [0.1, 0.15) is 33.9 Å². The Balaban J connectivity index is 2.28. The second-order valence-corrected chi connectivity index (χ2v) is 7.85. The number of sulfone groups is 1. The van der Waals surface area contributed by atoms with E-state index in [9.17, 15) is 18.0 Å². The lowest BCUT2D eigenvalue weighted by Gasteiger charge is -2.18. The van der Waals surface area contributed by atoms with E-state index in [-0.39, 0.29) is 16.9 Å². The van der Waals surface area contributed by atoms with Gasteiger partial charge in [0.25, 0.3) is 5.91 Å². The van der Waals surface area contributed by atoms with Gasteiger partial charge in [0.1, 0.15) is 0 Å². The molecule has 0 bridgehead atoms. The van der Waals surface area contributed by atoms with Gasteiger partial charge in [0, 0.05) is 11.8 Å². The molecule has 6 nitrogen and oxygen atoms in total. The Labute approximate surface area is 146 Å². The highest BCUT2D eigenvalue weighted by Crippen LogP contribution is 2.19. The molecule has 25 heavy (non-hydrogen) atoms. The highest BCUT2D eigenvalue weighted by molar-refractivity contribution is 7.90. The van der Waals surface area contributed by atoms with Gasteiger partial charge in [-0.2, -0.15) is 0 Å². The van der Waals surface area contributed by atoms with E-state index in [1.54, 1.807) is 12.1 Å². The minimum absolute atomic E-state index is 0.0327. The van der Waals surface area contributed by atoms with Crippen molar-refractivity contribution in [2.45, 2.75) is 24.3 Å². The molecule has 0 fully saturated rings. The van der Waals surface area contributed by atoms with Crippen molar-refractivity contribution in [3.05, 3.63) is 65.2 Å². The average Bonchev–Trinajstić information content (AvgIpc) is 2.54. The molecule has 0 saturated heterocycles. The third-order valence-corrected chi connectivity index (χ3v) is 4.80. The summed E-state index contributed by atoms with van der Waals surface area (Å²) in [7, 11) is -3.44. The summed E-state index contributed by atoms with van der Waals surface area (Å²) in [6, 6.07) is 12.1. The van der Waals surface area contributed by atoms with Gasteiger partial charge in [0.2, 0.25) is 0 Å². The number of carboxylic acid groups (broad SMARTS) is 1. The van der Waals surface area contributed by atoms with Gasteiger partial charge in [-0.3, -0.25) is 9.59 Å². The van der Waals surface area contributed by atoms with Crippen LogP contribution in [-0.2, 0) is 14.6 Å². The smallest absolute Gasteiger partial charge is 0.305 e. The molecule has 2 aromatic rings. The maximum absolute atomic E-state index is 12.5. The molecular formula is C18H19NO5S. The van der Waals surface area contributed by atoms with Gasteiger partial charge in [-0.05, 0) is 30.7 Å². The number of carboxylic acids is 1. The van der Waals surface area contributed by atoms with Gasteiger partial charge in [0.15, 0.2) is 9.84 Å². The van der Waals surface area contributed by atoms with E-state index in [1.165, 1.54) is 24.3 Å². The Morgan fingerprint density at radius 3 is 2.32 bits per heavy atom. The summed E-state index contributed by atoms with van der Waals surface area (Å²) < 4.78 is 23.2. The molecule has 0 saturated carbocycles. The van der Waals surface area contributed by atoms with Crippen LogP contribution in [0.2, 0.25) is 0 Å². The zero-order valence-corrected chi connectivity index (χ0v) is 14.7. The predicted octanol–water partition coefficient (Wildman–Crippen LogP) is 2.34. The van der Waals surface area contributed by atoms with Gasteiger partial charge in [-0.25, -0.2) is 8.42 Å². The van der Waals surface area contributed by atoms with Crippen molar-refractivity contribution in [2.75, 3.05) is 6.26 Å². The van der Waals surface area contributed by atoms with Crippen LogP contribution in [0.25, 0.3) is 0 Å². The molecule has 0 heterocycles. The van der Waals surface area contributed by atoms with E-state index in [4.69, 9.17) is 5.11 Å². The first-order chi connectivity index (χ1) is 11.7. The number of aliphatic carboxylic acids is 1. The zero-order valence-electron chi connectivity index (χ0n) is 13.9. The molecule has 2 rings (SSSR count). The molecule has 1 atom stereocenters. The first-order valence-corrected chi connectivity index (χ1v) is 9.45. The first-order valence-electron chi connectivity index (χ1n) is 7.56. The van der Waals surface area contributed by atoms with Crippen molar-refractivity contribution in [3.63, 3.8) is 0 Å². The minimum atomic E-state index is -3.44. The summed E-state index contributed by atoms with van der Waals surface area (Å²) >= 11 is 0. The molecule has 0 radical (unpaired) electrons. The Bertz CT molecular complexity index is 888. The van der Waals surface area contributed by atoms with Crippen molar-refractivity contribution in [3.8, 4) is 0 Å². The average molecular weight is 361 g/mol. The fourth-order valence-corrected chi connectivity index (χ4v) is 3.00. The Kier molecular flexibility index (Phi) is 5.58. The first kappa shape index (κ1) is 18.7. The molecular weight excluding hydrogens is 342 g/mol. The third-order valence-electron chi connectivity index (χ3n) is 3.69. The maximum atomic E-state index is 12.5. The summed E-state index contributed by atoms with van der Waals surface area (Å²) in [5.41, 5.74) is 1.84. The van der Waals surface area contributed by atoms with Crippen LogP contribution < -0.4 is 5.32 Å². The quantitative estimate of drug-likeness (QED) is 0.822. The summed E-state index contributed by atoms with van der Waals surface area (Å²) in [5.74, 6) is -1.58. The third kappa shape index (κ3) is 5.15. The lowest BCUT2D eigenvalue weighted by molar-refractivity contribution is -0.137. The number of nitrogens with one attached hydrogen (secondary N) is 1. The Morgan fingerprint density at radius 2 is 1.76 bits per heavy atom. The van der Waals surface area contributed by atoms with E-state index >= 15 is 0 Å². The van der Waals surface area contributed by atoms with Gasteiger partial charge in [-0.15, -0.1) is 0 Å². The number of carbonyl (C=O) groups excluding carboxylic acids is 1. The molecule has 2 aromatic carbocycles. The molecule has 0 spiro atoms. The lowest BCUT2D eigenvalue weighted by Crippen LogP contribution is -2.30. The van der Waals surface area contributed by atoms with Crippen LogP contribution in [0.5, 0.6) is 0 Å². The van der Waals surface area contributed by atoms with Crippen molar-refractivity contribution >= 4 is 21.7 Å². The molecule has 0 aliphatic heterocycles. The zero-order chi connectivity index (χ0) is 18.6. The summed E-state index contributed by atoms with van der Waals surface area (Å²) in [5, 5.41) is 11.8. The summed E-state index contributed by atoms with van der Waals surface area (Å²) in [6.07, 6.45) is 0.782. The second kappa shape index (κ2) is 7.48. The van der Waals surface area contributed by atoms with Crippen LogP contribution in [0.3, 0.4) is 0 Å². The van der Waals surface area contributed by atoms with E-state index in [2.05, 4.69) is 5.32 Å². The van der Waals surface area contributed by atoms with Crippen molar-refractivity contribution in [1.29, 1.82) is 0 Å². The number of hydrogen-bond acceptors (Lipinski definition) is 4. The van der Waals surface area contributed by atoms with E-state index in [1.807, 2.05) is 19.1 Å². The number of benzene rings is 2. The fourth-order valence-electron chi connectivity index (χ4n) is 2.34. The predicted molar refractivity (Wildman–Crippen MR) is 93.2 cm³/mol. The van der Waals surface area contributed by atoms with Crippen LogP contribution in [0.4, 0.5) is 0 Å². The largest absolute Gasteiger partial charge is 0.481 e. The van der Waals surface area contributed by atoms with Crippen molar-refractivity contribution in [2.24, 2.45) is 0 Å². The fraction of sp³-hybridized carbons (Fsp3) is 0.222. The summed E-state index contributed by atoms with van der Waals surface area (Å²) in [4.78, 5) is 23.6. The van der Waals surface area contributed by atoms with Crippen molar-refractivity contribution in [1.82, 2.24) is 5.32 Å². The molecule has 7 heteroatoms. The molecule has 2 N–H and O–H groups in total. The minimum Gasteiger partial charge on any atom is -0.481 e. The second-order valence-electron chi connectivity index (χ2n) is 5.83. The van der Waals surface area contributed by atoms with Crippen LogP contribution >= 0.6 is 0 Å². The number of carbonyl (C=O) groups is 2. The van der Waals surface area contributed by atoms with Gasteiger partial charge in [-0.1, -0.05) is 35.9 Å². The standard InChI is InChI=1S/C18H19NO5S/c1-12-6-8-13(9-7-12)16(11-17(20)21)19-18(22)14-4-3-5-15(10-14)25(2,23)24/h3-10,16H,11H2,1-2H3,(H,19,22)(H,20,21)/t16-/m0/s1. The monoisotopic (exact) mass is 361 g/mol. The normalized spacial score (nSPS) is 12.4. The number of hydrogen-bond donors (Lipinski definition) is 2. The molecule has 132 valence electrons. The van der Waals surface area contributed by atoms with Gasteiger partial charge in [0.05, 0.1) is 17.4 Å². The maximum Gasteiger partial charge on any atom is 0.305 e. The van der Waals surface area contributed by atoms with E-state index in [0.29, 0.717) is 5.56 Å². The van der Waals surface area contributed by atoms with E-state index < -0.39 is 27.8 Å². The summed E-state index contributed by atoms with van der Waals surface area (Å²) in [6.45, 7) is 1.91. The topological polar surface area (TPSA) is 101 Å². The number of rotatable bonds is 6. The molecule has 0 unspecified atom stereocenters. The highest BCUT2D eigenvalue weighted by Gasteiger charge is 2.20. The van der Waals surface area contributed by atoms with Crippen molar-refractivity contribution < 1.29 is 23.1 Å². The Morgan fingerprint density at radius 1 is 1.12 bits per heavy atom.